The predicted molar refractivity (Wildman–Crippen MR) is 84.1 cm³/mol. The first-order chi connectivity index (χ1) is 10.2. The molecule has 4 nitrogen and oxygen atoms in total. The molecule has 4 heteroatoms. The van der Waals surface area contributed by atoms with Crippen molar-refractivity contribution in [3.63, 3.8) is 0 Å². The van der Waals surface area contributed by atoms with Crippen LogP contribution in [0.25, 0.3) is 0 Å². The Balaban J connectivity index is 2.39. The van der Waals surface area contributed by atoms with E-state index in [1.807, 2.05) is 18.2 Å². The molecule has 1 fully saturated rings. The van der Waals surface area contributed by atoms with Crippen LogP contribution >= 0.6 is 0 Å². The topological polar surface area (TPSA) is 39.7 Å². The third-order valence-corrected chi connectivity index (χ3v) is 4.16. The first-order valence-electron chi connectivity index (χ1n) is 7.78. The fourth-order valence-electron chi connectivity index (χ4n) is 3.01. The van der Waals surface area contributed by atoms with Crippen LogP contribution in [0.15, 0.2) is 18.2 Å². The van der Waals surface area contributed by atoms with Gasteiger partial charge in [-0.3, -0.25) is 0 Å². The number of benzene rings is 1. The van der Waals surface area contributed by atoms with E-state index in [-0.39, 0.29) is 12.1 Å². The van der Waals surface area contributed by atoms with Gasteiger partial charge in [-0.05, 0) is 37.4 Å². The van der Waals surface area contributed by atoms with E-state index in [4.69, 9.17) is 14.2 Å². The Hall–Kier alpha value is -1.26. The molecule has 1 aliphatic rings. The van der Waals surface area contributed by atoms with Crippen molar-refractivity contribution in [1.82, 2.24) is 5.32 Å². The van der Waals surface area contributed by atoms with Crippen molar-refractivity contribution in [2.45, 2.75) is 38.8 Å². The van der Waals surface area contributed by atoms with Gasteiger partial charge in [0.05, 0.1) is 31.9 Å². The molecule has 3 atom stereocenters. The number of hydrogen-bond acceptors (Lipinski definition) is 4. The van der Waals surface area contributed by atoms with Gasteiger partial charge in [0.1, 0.15) is 11.5 Å². The average Bonchev–Trinajstić information content (AvgIpc) is 2.93. The molecule has 1 aromatic carbocycles. The summed E-state index contributed by atoms with van der Waals surface area (Å²) in [6, 6.07) is 6.02. The summed E-state index contributed by atoms with van der Waals surface area (Å²) in [5.41, 5.74) is 1.06. The Kier molecular flexibility index (Phi) is 5.88. The van der Waals surface area contributed by atoms with Crippen molar-refractivity contribution in [2.75, 3.05) is 27.4 Å². The molecule has 1 heterocycles. The molecule has 0 aromatic heterocycles. The average molecular weight is 293 g/mol. The summed E-state index contributed by atoms with van der Waals surface area (Å²) in [6.07, 6.45) is 2.34. The highest BCUT2D eigenvalue weighted by molar-refractivity contribution is 5.47. The van der Waals surface area contributed by atoms with Crippen molar-refractivity contribution >= 4 is 0 Å². The molecule has 0 spiro atoms. The molecule has 1 saturated heterocycles. The quantitative estimate of drug-likeness (QED) is 0.838. The van der Waals surface area contributed by atoms with Gasteiger partial charge in [-0.2, -0.15) is 0 Å². The van der Waals surface area contributed by atoms with Crippen LogP contribution < -0.4 is 14.8 Å². The van der Waals surface area contributed by atoms with Crippen LogP contribution in [-0.2, 0) is 4.74 Å². The number of methoxy groups -OCH3 is 2. The second-order valence-electron chi connectivity index (χ2n) is 5.61. The zero-order valence-corrected chi connectivity index (χ0v) is 13.5. The molecule has 0 radical (unpaired) electrons. The fraction of sp³-hybridized carbons (Fsp3) is 0.647. The lowest BCUT2D eigenvalue weighted by atomic mass is 9.91. The third kappa shape index (κ3) is 3.50. The zero-order valence-electron chi connectivity index (χ0n) is 13.5. The molecule has 1 aromatic rings. The molecule has 1 N–H and O–H groups in total. The minimum Gasteiger partial charge on any atom is -0.496 e. The summed E-state index contributed by atoms with van der Waals surface area (Å²) in [5, 5.41) is 3.62. The first-order valence-corrected chi connectivity index (χ1v) is 7.78. The molecule has 3 unspecified atom stereocenters. The van der Waals surface area contributed by atoms with Gasteiger partial charge < -0.3 is 19.5 Å². The maximum atomic E-state index is 6.00. The lowest BCUT2D eigenvalue weighted by Crippen LogP contribution is -2.35. The van der Waals surface area contributed by atoms with Crippen LogP contribution in [0, 0.1) is 5.92 Å². The number of hydrogen-bond donors (Lipinski definition) is 1. The summed E-state index contributed by atoms with van der Waals surface area (Å²) >= 11 is 0. The molecule has 118 valence electrons. The van der Waals surface area contributed by atoms with E-state index in [2.05, 4.69) is 19.2 Å². The normalized spacial score (nSPS) is 23.0. The zero-order chi connectivity index (χ0) is 15.2. The Morgan fingerprint density at radius 1 is 1.29 bits per heavy atom. The SMILES string of the molecule is CCCNC(c1c(OC)cccc1OC)C1OCCC1C. The molecular weight excluding hydrogens is 266 g/mol. The Labute approximate surface area is 127 Å². The Morgan fingerprint density at radius 2 is 1.95 bits per heavy atom. The standard InChI is InChI=1S/C17H27NO3/c1-5-10-18-16(17-12(2)9-11-21-17)15-13(19-3)7-6-8-14(15)20-4/h6-8,12,16-18H,5,9-11H2,1-4H3. The molecule has 1 aliphatic heterocycles. The van der Waals surface area contributed by atoms with Gasteiger partial charge >= 0.3 is 0 Å². The first kappa shape index (κ1) is 16.1. The van der Waals surface area contributed by atoms with E-state index in [1.54, 1.807) is 14.2 Å². The Morgan fingerprint density at radius 3 is 2.43 bits per heavy atom. The second-order valence-corrected chi connectivity index (χ2v) is 5.61. The smallest absolute Gasteiger partial charge is 0.127 e. The van der Waals surface area contributed by atoms with Crippen molar-refractivity contribution in [2.24, 2.45) is 5.92 Å². The van der Waals surface area contributed by atoms with Gasteiger partial charge in [-0.1, -0.05) is 19.9 Å². The summed E-state index contributed by atoms with van der Waals surface area (Å²) in [6.45, 7) is 6.19. The van der Waals surface area contributed by atoms with Crippen molar-refractivity contribution in [3.05, 3.63) is 23.8 Å². The molecule has 0 saturated carbocycles. The van der Waals surface area contributed by atoms with E-state index >= 15 is 0 Å². The van der Waals surface area contributed by atoms with Crippen LogP contribution in [0.5, 0.6) is 11.5 Å². The van der Waals surface area contributed by atoms with Gasteiger partial charge in [0.2, 0.25) is 0 Å². The van der Waals surface area contributed by atoms with Gasteiger partial charge in [-0.15, -0.1) is 0 Å². The van der Waals surface area contributed by atoms with Gasteiger partial charge in [0, 0.05) is 6.61 Å². The van der Waals surface area contributed by atoms with Crippen molar-refractivity contribution < 1.29 is 14.2 Å². The molecule has 0 bridgehead atoms. The summed E-state index contributed by atoms with van der Waals surface area (Å²) in [7, 11) is 3.40. The minimum atomic E-state index is 0.0912. The predicted octanol–water partition coefficient (Wildman–Crippen LogP) is 3.17. The second kappa shape index (κ2) is 7.66. The molecule has 21 heavy (non-hydrogen) atoms. The van der Waals surface area contributed by atoms with Gasteiger partial charge in [0.25, 0.3) is 0 Å². The monoisotopic (exact) mass is 293 g/mol. The summed E-state index contributed by atoms with van der Waals surface area (Å²) in [4.78, 5) is 0. The van der Waals surface area contributed by atoms with Gasteiger partial charge in [-0.25, -0.2) is 0 Å². The van der Waals surface area contributed by atoms with Crippen LogP contribution in [-0.4, -0.2) is 33.5 Å². The summed E-state index contributed by atoms with van der Waals surface area (Å²) < 4.78 is 17.1. The molecule has 0 aliphatic carbocycles. The fourth-order valence-corrected chi connectivity index (χ4v) is 3.01. The van der Waals surface area contributed by atoms with Crippen molar-refractivity contribution in [3.8, 4) is 11.5 Å². The van der Waals surface area contributed by atoms with E-state index in [9.17, 15) is 0 Å². The summed E-state index contributed by atoms with van der Waals surface area (Å²) in [5.74, 6) is 2.23. The van der Waals surface area contributed by atoms with Crippen LogP contribution in [0.4, 0.5) is 0 Å². The van der Waals surface area contributed by atoms with E-state index in [0.717, 1.165) is 43.1 Å². The van der Waals surface area contributed by atoms with Crippen molar-refractivity contribution in [1.29, 1.82) is 0 Å². The van der Waals surface area contributed by atoms with E-state index in [1.165, 1.54) is 0 Å². The third-order valence-electron chi connectivity index (χ3n) is 4.16. The van der Waals surface area contributed by atoms with Crippen LogP contribution in [0.3, 0.4) is 0 Å². The maximum Gasteiger partial charge on any atom is 0.127 e. The molecular formula is C17H27NO3. The van der Waals surface area contributed by atoms with Gasteiger partial charge in [0.15, 0.2) is 0 Å². The highest BCUT2D eigenvalue weighted by Crippen LogP contribution is 2.40. The highest BCUT2D eigenvalue weighted by Gasteiger charge is 2.35. The van der Waals surface area contributed by atoms with Crippen LogP contribution in [0.1, 0.15) is 38.3 Å². The molecule has 0 amide bonds. The number of nitrogens with one attached hydrogen (secondary N) is 1. The highest BCUT2D eigenvalue weighted by atomic mass is 16.5. The van der Waals surface area contributed by atoms with Crippen LogP contribution in [0.2, 0.25) is 0 Å². The van der Waals surface area contributed by atoms with E-state index < -0.39 is 0 Å². The molecule has 2 rings (SSSR count). The largest absolute Gasteiger partial charge is 0.496 e. The Bertz CT molecular complexity index is 427. The maximum absolute atomic E-state index is 6.00. The lowest BCUT2D eigenvalue weighted by molar-refractivity contribution is 0.0591. The number of rotatable bonds is 7. The van der Waals surface area contributed by atoms with E-state index in [0.29, 0.717) is 5.92 Å². The number of ether oxygens (including phenoxy) is 3. The minimum absolute atomic E-state index is 0.0912. The lowest BCUT2D eigenvalue weighted by Gasteiger charge is -2.30.